The SMILES string of the molecule is C[Si](C)(C)c1cc(-c2cc3c4c5c2cccc5c(=O)c2cc(-c5cc([Si](C)(C)C)cc([Si](C)(C)C)c5)c5cccc(c3=O)c5c2-4)cc([Si](C)(C)C)c1. The highest BCUT2D eigenvalue weighted by Crippen LogP contribution is 2.49. The van der Waals surface area contributed by atoms with E-state index >= 15 is 0 Å². The standard InChI is InChI=1S/C46H50O2Si4/c1-49(2,3)29-19-27(20-30(23-29)50(4,5)6)37-25-39-43-41-33(37)15-13-17-35(41)46(48)40-26-38(34-16-14-18-36(45(39)47)42(34)44(40)43)28-21-31(51(7,8)9)24-32(22-28)52(10,11)12/h13-26H,1-12H3. The summed E-state index contributed by atoms with van der Waals surface area (Å²) >= 11 is 0. The molecule has 8 rings (SSSR count). The lowest BCUT2D eigenvalue weighted by Gasteiger charge is -2.27. The zero-order valence-electron chi connectivity index (χ0n) is 32.9. The minimum atomic E-state index is -1.67. The predicted octanol–water partition coefficient (Wildman–Crippen LogP) is 9.95. The van der Waals surface area contributed by atoms with E-state index < -0.39 is 32.3 Å². The summed E-state index contributed by atoms with van der Waals surface area (Å²) in [6.45, 7) is 28.9. The average Bonchev–Trinajstić information content (AvgIpc) is 3.06. The maximum Gasteiger partial charge on any atom is 0.194 e. The Balaban J connectivity index is 1.54. The normalized spacial score (nSPS) is 13.5. The highest BCUT2D eigenvalue weighted by molar-refractivity contribution is 6.92. The first-order valence-corrected chi connectivity index (χ1v) is 32.8. The molecule has 0 saturated heterocycles. The van der Waals surface area contributed by atoms with Crippen LogP contribution in [0.15, 0.2) is 94.5 Å². The van der Waals surface area contributed by atoms with Gasteiger partial charge in [-0.25, -0.2) is 0 Å². The van der Waals surface area contributed by atoms with Crippen LogP contribution in [-0.4, -0.2) is 32.3 Å². The summed E-state index contributed by atoms with van der Waals surface area (Å²) in [5.74, 6) is 0. The zero-order valence-corrected chi connectivity index (χ0v) is 36.9. The Labute approximate surface area is 311 Å². The third-order valence-electron chi connectivity index (χ3n) is 11.5. The maximum absolute atomic E-state index is 14.9. The van der Waals surface area contributed by atoms with Crippen molar-refractivity contribution in [3.8, 4) is 33.4 Å². The molecule has 0 aromatic heterocycles. The van der Waals surface area contributed by atoms with Crippen LogP contribution in [0.25, 0.3) is 76.5 Å². The summed E-state index contributed by atoms with van der Waals surface area (Å²) in [7, 11) is -6.66. The summed E-state index contributed by atoms with van der Waals surface area (Å²) in [6, 6.07) is 31.1. The molecule has 0 saturated carbocycles. The van der Waals surface area contributed by atoms with Gasteiger partial charge in [0.05, 0.1) is 32.3 Å². The van der Waals surface area contributed by atoms with Crippen LogP contribution < -0.4 is 31.6 Å². The molecule has 2 nitrogen and oxygen atoms in total. The van der Waals surface area contributed by atoms with Gasteiger partial charge in [-0.1, -0.05) is 172 Å². The van der Waals surface area contributed by atoms with Gasteiger partial charge in [-0.15, -0.1) is 0 Å². The van der Waals surface area contributed by atoms with Crippen molar-refractivity contribution in [2.45, 2.75) is 78.6 Å². The van der Waals surface area contributed by atoms with E-state index in [-0.39, 0.29) is 10.9 Å². The van der Waals surface area contributed by atoms with Gasteiger partial charge in [0.25, 0.3) is 0 Å². The number of hydrogen-bond donors (Lipinski definition) is 0. The van der Waals surface area contributed by atoms with Gasteiger partial charge in [0.1, 0.15) is 0 Å². The monoisotopic (exact) mass is 746 g/mol. The van der Waals surface area contributed by atoms with E-state index in [1.165, 1.54) is 20.7 Å². The molecular formula is C46H50O2Si4. The van der Waals surface area contributed by atoms with Crippen molar-refractivity contribution in [3.05, 3.63) is 105 Å². The first-order valence-electron chi connectivity index (χ1n) is 18.8. The fraction of sp³-hybridized carbons (Fsp3) is 0.261. The fourth-order valence-corrected chi connectivity index (χ4v) is 13.3. The van der Waals surface area contributed by atoms with E-state index in [9.17, 15) is 9.59 Å². The van der Waals surface area contributed by atoms with Crippen LogP contribution in [0.1, 0.15) is 0 Å². The molecule has 0 unspecified atom stereocenters. The van der Waals surface area contributed by atoms with E-state index in [4.69, 9.17) is 0 Å². The van der Waals surface area contributed by atoms with Gasteiger partial charge < -0.3 is 0 Å². The molecule has 0 radical (unpaired) electrons. The Kier molecular flexibility index (Phi) is 7.61. The van der Waals surface area contributed by atoms with Crippen molar-refractivity contribution in [2.75, 3.05) is 0 Å². The second kappa shape index (κ2) is 11.3. The van der Waals surface area contributed by atoms with Crippen molar-refractivity contribution in [3.63, 3.8) is 0 Å². The molecule has 0 amide bonds. The number of benzene rings is 8. The van der Waals surface area contributed by atoms with Gasteiger partial charge in [-0.05, 0) is 45.2 Å². The van der Waals surface area contributed by atoms with Crippen LogP contribution in [-0.2, 0) is 0 Å². The van der Waals surface area contributed by atoms with Crippen molar-refractivity contribution < 1.29 is 0 Å². The molecule has 6 heteroatoms. The molecule has 0 N–H and O–H groups in total. The molecule has 6 aromatic rings. The molecule has 0 atom stereocenters. The summed E-state index contributed by atoms with van der Waals surface area (Å²) in [4.78, 5) is 29.9. The van der Waals surface area contributed by atoms with Gasteiger partial charge in [0, 0.05) is 43.4 Å². The molecule has 2 aliphatic carbocycles. The molecule has 0 aliphatic heterocycles. The lowest BCUT2D eigenvalue weighted by molar-refractivity contribution is 1.61. The second-order valence-corrected chi connectivity index (χ2v) is 39.7. The van der Waals surface area contributed by atoms with Gasteiger partial charge in [-0.2, -0.15) is 0 Å². The molecular weight excluding hydrogens is 697 g/mol. The first-order chi connectivity index (χ1) is 24.1. The summed E-state index contributed by atoms with van der Waals surface area (Å²) < 4.78 is 0. The third-order valence-corrected chi connectivity index (χ3v) is 19.6. The minimum absolute atomic E-state index is 0.0499. The number of rotatable bonds is 6. The van der Waals surface area contributed by atoms with Crippen LogP contribution in [0, 0.1) is 0 Å². The molecule has 0 spiro atoms. The van der Waals surface area contributed by atoms with E-state index in [0.717, 1.165) is 54.9 Å². The average molecular weight is 747 g/mol. The molecule has 0 heterocycles. The van der Waals surface area contributed by atoms with Crippen molar-refractivity contribution in [2.24, 2.45) is 0 Å². The van der Waals surface area contributed by atoms with Gasteiger partial charge in [0.2, 0.25) is 0 Å². The topological polar surface area (TPSA) is 34.1 Å². The summed E-state index contributed by atoms with van der Waals surface area (Å²) in [5.41, 5.74) is 6.39. The Morgan fingerprint density at radius 1 is 0.346 bits per heavy atom. The fourth-order valence-electron chi connectivity index (χ4n) is 8.27. The minimum Gasteiger partial charge on any atom is -0.289 e. The Hall–Kier alpha value is -3.95. The van der Waals surface area contributed by atoms with Gasteiger partial charge in [-0.3, -0.25) is 9.59 Å². The van der Waals surface area contributed by atoms with Crippen LogP contribution >= 0.6 is 0 Å². The van der Waals surface area contributed by atoms with Crippen molar-refractivity contribution in [1.29, 1.82) is 0 Å². The van der Waals surface area contributed by atoms with Crippen molar-refractivity contribution >= 4 is 96.1 Å². The Morgan fingerprint density at radius 2 is 0.635 bits per heavy atom. The predicted molar refractivity (Wildman–Crippen MR) is 242 cm³/mol. The van der Waals surface area contributed by atoms with Crippen molar-refractivity contribution in [1.82, 2.24) is 0 Å². The van der Waals surface area contributed by atoms with Gasteiger partial charge in [0.15, 0.2) is 10.9 Å². The van der Waals surface area contributed by atoms with E-state index in [1.54, 1.807) is 0 Å². The van der Waals surface area contributed by atoms with Gasteiger partial charge >= 0.3 is 0 Å². The molecule has 0 fully saturated rings. The van der Waals surface area contributed by atoms with E-state index in [1.807, 2.05) is 24.3 Å². The largest absolute Gasteiger partial charge is 0.289 e. The first kappa shape index (κ1) is 35.1. The summed E-state index contributed by atoms with van der Waals surface area (Å²) in [5, 5.41) is 12.5. The number of hydrogen-bond acceptors (Lipinski definition) is 2. The smallest absolute Gasteiger partial charge is 0.194 e. The Morgan fingerprint density at radius 3 is 0.923 bits per heavy atom. The quantitative estimate of drug-likeness (QED) is 0.0965. The van der Waals surface area contributed by atoms with Crippen LogP contribution in [0.5, 0.6) is 0 Å². The van der Waals surface area contributed by atoms with E-state index in [2.05, 4.69) is 139 Å². The molecule has 6 aromatic carbocycles. The maximum atomic E-state index is 14.9. The highest BCUT2D eigenvalue weighted by atomic mass is 28.3. The highest BCUT2D eigenvalue weighted by Gasteiger charge is 2.31. The third kappa shape index (κ3) is 5.36. The molecule has 0 bridgehead atoms. The molecule has 2 aliphatic rings. The van der Waals surface area contributed by atoms with Crippen LogP contribution in [0.3, 0.4) is 0 Å². The molecule has 262 valence electrons. The lowest BCUT2D eigenvalue weighted by Crippen LogP contribution is -2.45. The Bertz CT molecular complexity index is 2550. The van der Waals surface area contributed by atoms with Crippen LogP contribution in [0.4, 0.5) is 0 Å². The zero-order chi connectivity index (χ0) is 37.4. The van der Waals surface area contributed by atoms with Crippen LogP contribution in [0.2, 0.25) is 78.6 Å². The molecule has 52 heavy (non-hydrogen) atoms. The lowest BCUT2D eigenvalue weighted by atomic mass is 9.78. The van der Waals surface area contributed by atoms with E-state index in [0.29, 0.717) is 21.5 Å². The summed E-state index contributed by atoms with van der Waals surface area (Å²) in [6.07, 6.45) is 0. The second-order valence-electron chi connectivity index (χ2n) is 19.4.